The van der Waals surface area contributed by atoms with E-state index >= 15 is 0 Å². The van der Waals surface area contributed by atoms with Gasteiger partial charge in [0, 0.05) is 23.3 Å². The van der Waals surface area contributed by atoms with Gasteiger partial charge < -0.3 is 5.32 Å². The van der Waals surface area contributed by atoms with Crippen molar-refractivity contribution in [3.8, 4) is 0 Å². The Kier molecular flexibility index (Phi) is 4.28. The first kappa shape index (κ1) is 13.7. The Morgan fingerprint density at radius 1 is 1.05 bits per heavy atom. The molecule has 0 bridgehead atoms. The predicted molar refractivity (Wildman–Crippen MR) is 85.8 cm³/mol. The lowest BCUT2D eigenvalue weighted by atomic mass is 10.0. The van der Waals surface area contributed by atoms with E-state index in [-0.39, 0.29) is 0 Å². The number of anilines is 1. The predicted octanol–water partition coefficient (Wildman–Crippen LogP) is 5.17. The topological polar surface area (TPSA) is 12.0 Å². The molecule has 0 fully saturated rings. The Morgan fingerprint density at radius 2 is 1.84 bits per heavy atom. The molecule has 0 spiro atoms. The van der Waals surface area contributed by atoms with Crippen molar-refractivity contribution in [3.05, 3.63) is 63.7 Å². The summed E-state index contributed by atoms with van der Waals surface area (Å²) in [4.78, 5) is 0. The van der Waals surface area contributed by atoms with Crippen LogP contribution < -0.4 is 5.32 Å². The molecule has 2 heteroatoms. The summed E-state index contributed by atoms with van der Waals surface area (Å²) < 4.78 is 0. The van der Waals surface area contributed by atoms with Gasteiger partial charge in [-0.15, -0.1) is 0 Å². The zero-order valence-electron chi connectivity index (χ0n) is 11.5. The van der Waals surface area contributed by atoms with E-state index in [0.29, 0.717) is 0 Å². The van der Waals surface area contributed by atoms with Crippen molar-refractivity contribution in [2.75, 3.05) is 12.4 Å². The van der Waals surface area contributed by atoms with Crippen LogP contribution in [-0.4, -0.2) is 7.05 Å². The van der Waals surface area contributed by atoms with Gasteiger partial charge in [-0.1, -0.05) is 53.6 Å². The Bertz CT molecular complexity index is 615. The number of hydrogen-bond donors (Lipinski definition) is 1. The standard InChI is InChI=1S/C17H18ClN/c1-12-7-8-13(2)14(11-12)9-10-15-16(18)5-4-6-17(15)19-3/h4-11,19H,1-3H3/b10-9+. The molecule has 19 heavy (non-hydrogen) atoms. The number of hydrogen-bond acceptors (Lipinski definition) is 1. The first-order valence-electron chi connectivity index (χ1n) is 6.33. The van der Waals surface area contributed by atoms with Crippen molar-refractivity contribution in [2.45, 2.75) is 13.8 Å². The highest BCUT2D eigenvalue weighted by Crippen LogP contribution is 2.26. The monoisotopic (exact) mass is 271 g/mol. The van der Waals surface area contributed by atoms with Crippen molar-refractivity contribution in [2.24, 2.45) is 0 Å². The van der Waals surface area contributed by atoms with Crippen LogP contribution in [-0.2, 0) is 0 Å². The van der Waals surface area contributed by atoms with Crippen molar-refractivity contribution in [1.29, 1.82) is 0 Å². The quantitative estimate of drug-likeness (QED) is 0.760. The molecule has 0 aliphatic carbocycles. The zero-order chi connectivity index (χ0) is 13.8. The van der Waals surface area contributed by atoms with E-state index in [4.69, 9.17) is 11.6 Å². The lowest BCUT2D eigenvalue weighted by molar-refractivity contribution is 1.38. The molecule has 0 saturated carbocycles. The first-order chi connectivity index (χ1) is 9.11. The van der Waals surface area contributed by atoms with E-state index in [1.807, 2.05) is 25.2 Å². The highest BCUT2D eigenvalue weighted by Gasteiger charge is 2.02. The maximum absolute atomic E-state index is 6.25. The molecule has 2 aromatic carbocycles. The van der Waals surface area contributed by atoms with Gasteiger partial charge in [0.15, 0.2) is 0 Å². The third-order valence-corrected chi connectivity index (χ3v) is 3.52. The van der Waals surface area contributed by atoms with Crippen LogP contribution >= 0.6 is 11.6 Å². The summed E-state index contributed by atoms with van der Waals surface area (Å²) >= 11 is 6.25. The molecule has 0 aliphatic heterocycles. The molecular formula is C17H18ClN. The number of aryl methyl sites for hydroxylation is 2. The van der Waals surface area contributed by atoms with Crippen molar-refractivity contribution in [1.82, 2.24) is 0 Å². The maximum Gasteiger partial charge on any atom is 0.0499 e. The summed E-state index contributed by atoms with van der Waals surface area (Å²) in [6.07, 6.45) is 4.18. The highest BCUT2D eigenvalue weighted by atomic mass is 35.5. The van der Waals surface area contributed by atoms with E-state index in [0.717, 1.165) is 16.3 Å². The third kappa shape index (κ3) is 3.18. The molecule has 0 aliphatic rings. The minimum Gasteiger partial charge on any atom is -0.388 e. The summed E-state index contributed by atoms with van der Waals surface area (Å²) in [5, 5.41) is 3.92. The third-order valence-electron chi connectivity index (χ3n) is 3.19. The maximum atomic E-state index is 6.25. The molecule has 0 radical (unpaired) electrons. The Morgan fingerprint density at radius 3 is 2.58 bits per heavy atom. The van der Waals surface area contributed by atoms with Crippen LogP contribution in [0.4, 0.5) is 5.69 Å². The smallest absolute Gasteiger partial charge is 0.0499 e. The van der Waals surface area contributed by atoms with Gasteiger partial charge in [0.2, 0.25) is 0 Å². The fraction of sp³-hybridized carbons (Fsp3) is 0.176. The molecule has 0 saturated heterocycles. The van der Waals surface area contributed by atoms with Crippen LogP contribution in [0.25, 0.3) is 12.2 Å². The lowest BCUT2D eigenvalue weighted by Gasteiger charge is -2.07. The Balaban J connectivity index is 2.40. The van der Waals surface area contributed by atoms with Gasteiger partial charge in [0.05, 0.1) is 0 Å². The van der Waals surface area contributed by atoms with Crippen LogP contribution in [0.15, 0.2) is 36.4 Å². The van der Waals surface area contributed by atoms with Crippen LogP contribution in [0.2, 0.25) is 5.02 Å². The van der Waals surface area contributed by atoms with Crippen LogP contribution in [0, 0.1) is 13.8 Å². The van der Waals surface area contributed by atoms with E-state index < -0.39 is 0 Å². The van der Waals surface area contributed by atoms with E-state index in [9.17, 15) is 0 Å². The molecular weight excluding hydrogens is 254 g/mol. The molecule has 0 aromatic heterocycles. The second-order valence-corrected chi connectivity index (χ2v) is 5.05. The minimum atomic E-state index is 0.758. The largest absolute Gasteiger partial charge is 0.388 e. The van der Waals surface area contributed by atoms with Crippen molar-refractivity contribution < 1.29 is 0 Å². The molecule has 0 heterocycles. The normalized spacial score (nSPS) is 10.9. The fourth-order valence-electron chi connectivity index (χ4n) is 2.04. The second-order valence-electron chi connectivity index (χ2n) is 4.64. The summed E-state index contributed by atoms with van der Waals surface area (Å²) in [5.41, 5.74) is 5.81. The lowest BCUT2D eigenvalue weighted by Crippen LogP contribution is -1.91. The van der Waals surface area contributed by atoms with Gasteiger partial charge in [-0.25, -0.2) is 0 Å². The average molecular weight is 272 g/mol. The van der Waals surface area contributed by atoms with Gasteiger partial charge in [0.1, 0.15) is 0 Å². The minimum absolute atomic E-state index is 0.758. The molecule has 2 aromatic rings. The van der Waals surface area contributed by atoms with E-state index in [1.54, 1.807) is 0 Å². The average Bonchev–Trinajstić information content (AvgIpc) is 2.40. The van der Waals surface area contributed by atoms with E-state index in [1.165, 1.54) is 16.7 Å². The SMILES string of the molecule is CNc1cccc(Cl)c1/C=C/c1cc(C)ccc1C. The van der Waals surface area contributed by atoms with Gasteiger partial charge in [-0.05, 0) is 37.1 Å². The molecule has 2 rings (SSSR count). The number of benzene rings is 2. The summed E-state index contributed by atoms with van der Waals surface area (Å²) in [6, 6.07) is 12.3. The number of halogens is 1. The Labute approximate surface area is 119 Å². The van der Waals surface area contributed by atoms with Crippen LogP contribution in [0.1, 0.15) is 22.3 Å². The summed E-state index contributed by atoms with van der Waals surface area (Å²) in [7, 11) is 1.90. The first-order valence-corrected chi connectivity index (χ1v) is 6.71. The van der Waals surface area contributed by atoms with Gasteiger partial charge in [0.25, 0.3) is 0 Å². The van der Waals surface area contributed by atoms with Gasteiger partial charge in [-0.3, -0.25) is 0 Å². The van der Waals surface area contributed by atoms with E-state index in [2.05, 4.69) is 49.5 Å². The molecule has 1 N–H and O–H groups in total. The molecule has 0 atom stereocenters. The van der Waals surface area contributed by atoms with Gasteiger partial charge in [-0.2, -0.15) is 0 Å². The fourth-order valence-corrected chi connectivity index (χ4v) is 2.27. The van der Waals surface area contributed by atoms with Crippen molar-refractivity contribution >= 4 is 29.4 Å². The Hall–Kier alpha value is -1.73. The summed E-state index contributed by atoms with van der Waals surface area (Å²) in [5.74, 6) is 0. The number of rotatable bonds is 3. The van der Waals surface area contributed by atoms with Crippen LogP contribution in [0.5, 0.6) is 0 Å². The zero-order valence-corrected chi connectivity index (χ0v) is 12.3. The highest BCUT2D eigenvalue weighted by molar-refractivity contribution is 6.32. The van der Waals surface area contributed by atoms with Gasteiger partial charge >= 0.3 is 0 Å². The summed E-state index contributed by atoms with van der Waals surface area (Å²) in [6.45, 7) is 4.22. The molecule has 0 unspecified atom stereocenters. The van der Waals surface area contributed by atoms with Crippen molar-refractivity contribution in [3.63, 3.8) is 0 Å². The second kappa shape index (κ2) is 5.94. The molecule has 1 nitrogen and oxygen atoms in total. The molecule has 0 amide bonds. The number of nitrogens with one attached hydrogen (secondary N) is 1. The van der Waals surface area contributed by atoms with Crippen LogP contribution in [0.3, 0.4) is 0 Å². The molecule has 98 valence electrons.